The summed E-state index contributed by atoms with van der Waals surface area (Å²) in [6.07, 6.45) is 2.87. The first-order valence-electron chi connectivity index (χ1n) is 11.0. The molecule has 4 rings (SSSR count). The maximum atomic E-state index is 13.0. The summed E-state index contributed by atoms with van der Waals surface area (Å²) in [4.78, 5) is 30.9. The highest BCUT2D eigenvalue weighted by Gasteiger charge is 2.59. The van der Waals surface area contributed by atoms with E-state index < -0.39 is 0 Å². The Bertz CT molecular complexity index is 748. The number of carbonyl (C=O) groups excluding carboxylic acids is 2. The van der Waals surface area contributed by atoms with Crippen LogP contribution in [0.1, 0.15) is 37.7 Å². The molecule has 3 aliphatic rings. The Morgan fingerprint density at radius 2 is 1.73 bits per heavy atom. The van der Waals surface area contributed by atoms with Gasteiger partial charge in [0.15, 0.2) is 0 Å². The predicted molar refractivity (Wildman–Crippen MR) is 110 cm³/mol. The standard InChI is InChI=1S/C22H33N3O5/c1-3-29-21(27)25-12-10-24(11-13-25)20(26)19-14-22(19)6-8-23(9-7-22)15-17-4-5-18(30-17)16-28-2/h4-5,19H,3,6-16H2,1-2H3. The van der Waals surface area contributed by atoms with Gasteiger partial charge in [-0.25, -0.2) is 4.79 Å². The van der Waals surface area contributed by atoms with E-state index in [2.05, 4.69) is 4.90 Å². The Morgan fingerprint density at radius 3 is 2.40 bits per heavy atom. The molecule has 1 saturated carbocycles. The summed E-state index contributed by atoms with van der Waals surface area (Å²) in [6.45, 7) is 7.85. The van der Waals surface area contributed by atoms with Crippen LogP contribution in [0.5, 0.6) is 0 Å². The number of piperazine rings is 1. The van der Waals surface area contributed by atoms with E-state index in [0.29, 0.717) is 39.4 Å². The van der Waals surface area contributed by atoms with Gasteiger partial charge in [0.05, 0.1) is 13.2 Å². The van der Waals surface area contributed by atoms with Gasteiger partial charge in [-0.3, -0.25) is 9.69 Å². The van der Waals surface area contributed by atoms with E-state index in [0.717, 1.165) is 50.4 Å². The first kappa shape index (κ1) is 21.2. The van der Waals surface area contributed by atoms with Crippen molar-refractivity contribution >= 4 is 12.0 Å². The minimum atomic E-state index is -0.272. The molecule has 1 unspecified atom stereocenters. The molecule has 2 aliphatic heterocycles. The molecule has 8 nitrogen and oxygen atoms in total. The van der Waals surface area contributed by atoms with E-state index in [1.165, 1.54) is 0 Å². The molecule has 0 aromatic carbocycles. The van der Waals surface area contributed by atoms with Crippen LogP contribution in [0.3, 0.4) is 0 Å². The van der Waals surface area contributed by atoms with E-state index in [1.54, 1.807) is 12.0 Å². The van der Waals surface area contributed by atoms with E-state index in [1.807, 2.05) is 24.0 Å². The number of rotatable bonds is 6. The van der Waals surface area contributed by atoms with Crippen LogP contribution in [-0.4, -0.2) is 79.7 Å². The molecule has 0 bridgehead atoms. The van der Waals surface area contributed by atoms with Gasteiger partial charge >= 0.3 is 6.09 Å². The molecule has 8 heteroatoms. The molecule has 1 aliphatic carbocycles. The van der Waals surface area contributed by atoms with Gasteiger partial charge in [0, 0.05) is 39.2 Å². The zero-order chi connectivity index (χ0) is 21.1. The molecule has 0 radical (unpaired) electrons. The maximum absolute atomic E-state index is 13.0. The van der Waals surface area contributed by atoms with Crippen molar-refractivity contribution in [3.8, 4) is 0 Å². The molecule has 3 fully saturated rings. The van der Waals surface area contributed by atoms with E-state index in [9.17, 15) is 9.59 Å². The Morgan fingerprint density at radius 1 is 1.07 bits per heavy atom. The topological polar surface area (TPSA) is 75.5 Å². The van der Waals surface area contributed by atoms with Crippen LogP contribution in [0, 0.1) is 11.3 Å². The number of hydrogen-bond donors (Lipinski definition) is 0. The summed E-state index contributed by atoms with van der Waals surface area (Å²) in [5.41, 5.74) is 0.191. The van der Waals surface area contributed by atoms with Gasteiger partial charge in [-0.05, 0) is 56.8 Å². The smallest absolute Gasteiger partial charge is 0.409 e. The Hall–Kier alpha value is -2.06. The van der Waals surface area contributed by atoms with Gasteiger partial charge in [0.2, 0.25) is 5.91 Å². The van der Waals surface area contributed by atoms with E-state index in [4.69, 9.17) is 13.9 Å². The second-order valence-electron chi connectivity index (χ2n) is 8.71. The first-order chi connectivity index (χ1) is 14.5. The Balaban J connectivity index is 1.22. The van der Waals surface area contributed by atoms with Crippen LogP contribution in [0.15, 0.2) is 16.5 Å². The van der Waals surface area contributed by atoms with Gasteiger partial charge in [0.1, 0.15) is 18.1 Å². The molecular weight excluding hydrogens is 386 g/mol. The van der Waals surface area contributed by atoms with Gasteiger partial charge in [0.25, 0.3) is 0 Å². The normalized spacial score (nSPS) is 23.6. The molecule has 1 spiro atoms. The maximum Gasteiger partial charge on any atom is 0.409 e. The number of methoxy groups -OCH3 is 1. The number of amides is 2. The highest BCUT2D eigenvalue weighted by atomic mass is 16.6. The number of hydrogen-bond acceptors (Lipinski definition) is 6. The van der Waals surface area contributed by atoms with Crippen molar-refractivity contribution in [1.82, 2.24) is 14.7 Å². The highest BCUT2D eigenvalue weighted by molar-refractivity contribution is 5.83. The van der Waals surface area contributed by atoms with Crippen molar-refractivity contribution < 1.29 is 23.5 Å². The average molecular weight is 420 g/mol. The zero-order valence-corrected chi connectivity index (χ0v) is 18.1. The second-order valence-corrected chi connectivity index (χ2v) is 8.71. The van der Waals surface area contributed by atoms with Gasteiger partial charge < -0.3 is 23.7 Å². The molecule has 1 aromatic rings. The fraction of sp³-hybridized carbons (Fsp3) is 0.727. The van der Waals surface area contributed by atoms with E-state index >= 15 is 0 Å². The summed E-state index contributed by atoms with van der Waals surface area (Å²) in [5.74, 6) is 2.27. The molecule has 3 heterocycles. The minimum absolute atomic E-state index is 0.158. The number of carbonyl (C=O) groups is 2. The minimum Gasteiger partial charge on any atom is -0.462 e. The van der Waals surface area contributed by atoms with Gasteiger partial charge in [-0.2, -0.15) is 0 Å². The SMILES string of the molecule is CCOC(=O)N1CCN(C(=O)C2CC23CCN(Cc2ccc(COC)o2)CC3)CC1. The van der Waals surface area contributed by atoms with Crippen LogP contribution < -0.4 is 0 Å². The summed E-state index contributed by atoms with van der Waals surface area (Å²) in [6, 6.07) is 4.00. The number of piperidine rings is 1. The monoisotopic (exact) mass is 419 g/mol. The molecule has 30 heavy (non-hydrogen) atoms. The predicted octanol–water partition coefficient (Wildman–Crippen LogP) is 2.33. The summed E-state index contributed by atoms with van der Waals surface area (Å²) < 4.78 is 16.0. The average Bonchev–Trinajstić information content (AvgIpc) is 3.28. The third-order valence-corrected chi connectivity index (χ3v) is 6.84. The molecule has 1 atom stereocenters. The molecule has 0 N–H and O–H groups in total. The molecule has 1 aromatic heterocycles. The van der Waals surface area contributed by atoms with Crippen molar-refractivity contribution in [2.75, 3.05) is 53.0 Å². The van der Waals surface area contributed by atoms with Crippen molar-refractivity contribution in [3.63, 3.8) is 0 Å². The Kier molecular flexibility index (Phi) is 6.34. The van der Waals surface area contributed by atoms with Crippen molar-refractivity contribution in [3.05, 3.63) is 23.7 Å². The van der Waals surface area contributed by atoms with Gasteiger partial charge in [-0.1, -0.05) is 0 Å². The van der Waals surface area contributed by atoms with Crippen LogP contribution in [-0.2, 0) is 27.4 Å². The van der Waals surface area contributed by atoms with Crippen LogP contribution in [0.4, 0.5) is 4.79 Å². The summed E-state index contributed by atoms with van der Waals surface area (Å²) in [5, 5.41) is 0. The molecule has 166 valence electrons. The number of nitrogens with zero attached hydrogens (tertiary/aromatic N) is 3. The molecule has 2 saturated heterocycles. The van der Waals surface area contributed by atoms with Crippen LogP contribution in [0.25, 0.3) is 0 Å². The van der Waals surface area contributed by atoms with Crippen molar-refractivity contribution in [1.29, 1.82) is 0 Å². The Labute approximate surface area is 178 Å². The summed E-state index contributed by atoms with van der Waals surface area (Å²) >= 11 is 0. The zero-order valence-electron chi connectivity index (χ0n) is 18.1. The third-order valence-electron chi connectivity index (χ3n) is 6.84. The largest absolute Gasteiger partial charge is 0.462 e. The summed E-state index contributed by atoms with van der Waals surface area (Å²) in [7, 11) is 1.67. The lowest BCUT2D eigenvalue weighted by atomic mass is 9.90. The molecule has 2 amide bonds. The third kappa shape index (κ3) is 4.49. The first-order valence-corrected chi connectivity index (χ1v) is 11.0. The number of furan rings is 1. The number of ether oxygens (including phenoxy) is 2. The van der Waals surface area contributed by atoms with Crippen LogP contribution >= 0.6 is 0 Å². The second kappa shape index (κ2) is 8.98. The lowest BCUT2D eigenvalue weighted by molar-refractivity contribution is -0.135. The number of likely N-dealkylation sites (tertiary alicyclic amines) is 1. The molecular formula is C22H33N3O5. The van der Waals surface area contributed by atoms with Crippen LogP contribution in [0.2, 0.25) is 0 Å². The highest BCUT2D eigenvalue weighted by Crippen LogP contribution is 2.60. The van der Waals surface area contributed by atoms with Gasteiger partial charge in [-0.15, -0.1) is 0 Å². The van der Waals surface area contributed by atoms with Crippen molar-refractivity contribution in [2.24, 2.45) is 11.3 Å². The quantitative estimate of drug-likeness (QED) is 0.705. The van der Waals surface area contributed by atoms with Crippen molar-refractivity contribution in [2.45, 2.75) is 39.3 Å². The van der Waals surface area contributed by atoms with E-state index in [-0.39, 0.29) is 23.3 Å². The lowest BCUT2D eigenvalue weighted by Crippen LogP contribution is -2.51. The lowest BCUT2D eigenvalue weighted by Gasteiger charge is -2.36. The fourth-order valence-corrected chi connectivity index (χ4v) is 4.90. The fourth-order valence-electron chi connectivity index (χ4n) is 4.90.